The lowest BCUT2D eigenvalue weighted by atomic mass is 9.89. The Morgan fingerprint density at radius 1 is 1.12 bits per heavy atom. The normalized spacial score (nSPS) is 20.7. The molecule has 0 unspecified atom stereocenters. The van der Waals surface area contributed by atoms with Gasteiger partial charge in [0.15, 0.2) is 0 Å². The fraction of sp³-hybridized carbons (Fsp3) is 0.531. The molecule has 2 heterocycles. The van der Waals surface area contributed by atoms with Crippen LogP contribution in [-0.4, -0.2) is 51.8 Å². The minimum absolute atomic E-state index is 0.0527. The summed E-state index contributed by atoms with van der Waals surface area (Å²) in [6.07, 6.45) is 9.40. The SMILES string of the molecule is COc1nc(C)cc2c1CNC(=O)c1cc(Cl)cc(O[C@H]3CC[C@H](N(C(=O)O)C(C)(C)C)CC3)c1C/C=C/CCC2. The molecule has 0 spiro atoms. The number of rotatable bonds is 4. The van der Waals surface area contributed by atoms with Crippen LogP contribution in [0.3, 0.4) is 0 Å². The van der Waals surface area contributed by atoms with Crippen LogP contribution in [0, 0.1) is 6.92 Å². The first kappa shape index (κ1) is 30.7. The van der Waals surface area contributed by atoms with Gasteiger partial charge in [0.05, 0.1) is 13.2 Å². The lowest BCUT2D eigenvalue weighted by molar-refractivity contribution is 0.0366. The summed E-state index contributed by atoms with van der Waals surface area (Å²) in [5, 5.41) is 13.3. The third-order valence-electron chi connectivity index (χ3n) is 7.88. The van der Waals surface area contributed by atoms with E-state index >= 15 is 0 Å². The summed E-state index contributed by atoms with van der Waals surface area (Å²) >= 11 is 6.53. The highest BCUT2D eigenvalue weighted by Crippen LogP contribution is 2.35. The van der Waals surface area contributed by atoms with Gasteiger partial charge in [0.2, 0.25) is 5.88 Å². The zero-order chi connectivity index (χ0) is 29.7. The maximum atomic E-state index is 13.6. The van der Waals surface area contributed by atoms with Gasteiger partial charge in [-0.3, -0.25) is 4.79 Å². The molecule has 1 aromatic carbocycles. The van der Waals surface area contributed by atoms with Crippen molar-refractivity contribution >= 4 is 23.6 Å². The summed E-state index contributed by atoms with van der Waals surface area (Å²) in [5.74, 6) is 0.899. The molecule has 2 aliphatic rings. The number of nitrogens with one attached hydrogen (secondary N) is 1. The molecule has 0 bridgehead atoms. The standard InChI is InChI=1S/C32H42ClN3O5/c1-20-16-21-10-8-6-7-9-11-25-26(29(37)34-19-27(21)30(35-20)40-5)17-22(33)18-28(25)41-24-14-12-23(13-15-24)36(31(38)39)32(2,3)4/h7,9,16-18,23-24H,6,8,10-15,19H2,1-5H3,(H,34,37)(H,38,39)/b9-7+/t23-,24-. The zero-order valence-electron chi connectivity index (χ0n) is 24.8. The highest BCUT2D eigenvalue weighted by atomic mass is 35.5. The predicted molar refractivity (Wildman–Crippen MR) is 160 cm³/mol. The third kappa shape index (κ3) is 7.53. The van der Waals surface area contributed by atoms with E-state index in [2.05, 4.69) is 28.5 Å². The number of allylic oxidation sites excluding steroid dienone is 2. The summed E-state index contributed by atoms with van der Waals surface area (Å²) in [4.78, 5) is 31.7. The molecule has 1 aliphatic heterocycles. The Labute approximate surface area is 248 Å². The van der Waals surface area contributed by atoms with E-state index in [1.54, 1.807) is 24.1 Å². The number of benzene rings is 1. The minimum atomic E-state index is -0.892. The number of carbonyl (C=O) groups is 2. The number of carboxylic acid groups (broad SMARTS) is 1. The van der Waals surface area contributed by atoms with Gasteiger partial charge >= 0.3 is 6.09 Å². The van der Waals surface area contributed by atoms with Crippen LogP contribution in [0.1, 0.15) is 92.0 Å². The van der Waals surface area contributed by atoms with E-state index in [-0.39, 0.29) is 24.6 Å². The minimum Gasteiger partial charge on any atom is -0.490 e. The van der Waals surface area contributed by atoms with E-state index in [1.165, 1.54) is 0 Å². The van der Waals surface area contributed by atoms with Crippen molar-refractivity contribution in [3.8, 4) is 11.6 Å². The van der Waals surface area contributed by atoms with Crippen LogP contribution in [0.15, 0.2) is 30.4 Å². The Hall–Kier alpha value is -3.26. The number of nitrogens with zero attached hydrogens (tertiary/aromatic N) is 2. The second kappa shape index (κ2) is 13.1. The summed E-state index contributed by atoms with van der Waals surface area (Å²) in [7, 11) is 1.60. The molecule has 0 atom stereocenters. The molecule has 2 aromatic rings. The van der Waals surface area contributed by atoms with Crippen LogP contribution in [0.5, 0.6) is 11.6 Å². The maximum Gasteiger partial charge on any atom is 0.407 e. The lowest BCUT2D eigenvalue weighted by Gasteiger charge is -2.42. The molecule has 0 saturated heterocycles. The molecule has 1 fully saturated rings. The second-order valence-electron chi connectivity index (χ2n) is 12.0. The molecule has 1 saturated carbocycles. The number of aryl methyl sites for hydroxylation is 2. The molecule has 222 valence electrons. The molecule has 41 heavy (non-hydrogen) atoms. The van der Waals surface area contributed by atoms with Crippen molar-refractivity contribution < 1.29 is 24.2 Å². The Morgan fingerprint density at radius 3 is 2.51 bits per heavy atom. The molecule has 8 nitrogen and oxygen atoms in total. The van der Waals surface area contributed by atoms with Gasteiger partial charge in [0.1, 0.15) is 5.75 Å². The Bertz CT molecular complexity index is 1300. The molecular formula is C32H42ClN3O5. The molecule has 4 rings (SSSR count). The number of methoxy groups -OCH3 is 1. The first-order chi connectivity index (χ1) is 19.5. The quantitative estimate of drug-likeness (QED) is 0.380. The Balaban J connectivity index is 1.58. The van der Waals surface area contributed by atoms with Crippen LogP contribution in [0.25, 0.3) is 0 Å². The van der Waals surface area contributed by atoms with Gasteiger partial charge in [-0.15, -0.1) is 0 Å². The smallest absolute Gasteiger partial charge is 0.407 e. The molecule has 9 heteroatoms. The average Bonchev–Trinajstić information content (AvgIpc) is 2.91. The molecule has 1 aliphatic carbocycles. The van der Waals surface area contributed by atoms with E-state index in [0.717, 1.165) is 54.5 Å². The molecule has 2 N–H and O–H groups in total. The van der Waals surface area contributed by atoms with Gasteiger partial charge in [-0.25, -0.2) is 9.78 Å². The fourth-order valence-electron chi connectivity index (χ4n) is 6.03. The first-order valence-electron chi connectivity index (χ1n) is 14.5. The Kier molecular flexibility index (Phi) is 9.84. The van der Waals surface area contributed by atoms with Gasteiger partial charge in [0.25, 0.3) is 5.91 Å². The number of hydrogen-bond acceptors (Lipinski definition) is 5. The summed E-state index contributed by atoms with van der Waals surface area (Å²) < 4.78 is 12.1. The number of hydrogen-bond donors (Lipinski definition) is 2. The van der Waals surface area contributed by atoms with Gasteiger partial charge in [-0.05, 0) is 103 Å². The van der Waals surface area contributed by atoms with E-state index in [0.29, 0.717) is 41.5 Å². The highest BCUT2D eigenvalue weighted by molar-refractivity contribution is 6.31. The van der Waals surface area contributed by atoms with Crippen molar-refractivity contribution in [3.63, 3.8) is 0 Å². The van der Waals surface area contributed by atoms with Crippen molar-refractivity contribution in [2.45, 2.75) is 103 Å². The third-order valence-corrected chi connectivity index (χ3v) is 8.10. The average molecular weight is 584 g/mol. The number of carbonyl (C=O) groups excluding carboxylic acids is 1. The van der Waals surface area contributed by atoms with Crippen LogP contribution in [0.4, 0.5) is 4.79 Å². The Morgan fingerprint density at radius 2 is 1.85 bits per heavy atom. The van der Waals surface area contributed by atoms with Crippen molar-refractivity contribution in [1.29, 1.82) is 0 Å². The number of fused-ring (bicyclic) bond motifs is 2. The van der Waals surface area contributed by atoms with Crippen molar-refractivity contribution in [3.05, 3.63) is 63.3 Å². The molecule has 0 radical (unpaired) electrons. The number of ether oxygens (including phenoxy) is 2. The first-order valence-corrected chi connectivity index (χ1v) is 14.8. The molecule has 1 aromatic heterocycles. The highest BCUT2D eigenvalue weighted by Gasteiger charge is 2.36. The van der Waals surface area contributed by atoms with E-state index in [1.807, 2.05) is 27.7 Å². The van der Waals surface area contributed by atoms with E-state index in [4.69, 9.17) is 21.1 Å². The number of halogens is 1. The number of pyridine rings is 1. The van der Waals surface area contributed by atoms with Crippen molar-refractivity contribution in [1.82, 2.24) is 15.2 Å². The largest absolute Gasteiger partial charge is 0.490 e. The maximum absolute atomic E-state index is 13.6. The van der Waals surface area contributed by atoms with E-state index < -0.39 is 11.6 Å². The summed E-state index contributed by atoms with van der Waals surface area (Å²) in [6, 6.07) is 5.50. The number of aromatic nitrogens is 1. The number of amides is 2. The topological polar surface area (TPSA) is 101 Å². The fourth-order valence-corrected chi connectivity index (χ4v) is 6.24. The predicted octanol–water partition coefficient (Wildman–Crippen LogP) is 6.89. The lowest BCUT2D eigenvalue weighted by Crippen LogP contribution is -2.52. The summed E-state index contributed by atoms with van der Waals surface area (Å²) in [6.45, 7) is 8.01. The van der Waals surface area contributed by atoms with Crippen LogP contribution < -0.4 is 14.8 Å². The van der Waals surface area contributed by atoms with Gasteiger partial charge < -0.3 is 24.8 Å². The van der Waals surface area contributed by atoms with Crippen LogP contribution in [0.2, 0.25) is 5.02 Å². The van der Waals surface area contributed by atoms with Crippen LogP contribution >= 0.6 is 11.6 Å². The second-order valence-corrected chi connectivity index (χ2v) is 12.4. The van der Waals surface area contributed by atoms with Crippen molar-refractivity contribution in [2.24, 2.45) is 0 Å². The molecule has 2 amide bonds. The monoisotopic (exact) mass is 583 g/mol. The van der Waals surface area contributed by atoms with Crippen LogP contribution in [-0.2, 0) is 19.4 Å². The van der Waals surface area contributed by atoms with Gasteiger partial charge in [-0.2, -0.15) is 0 Å². The molecular weight excluding hydrogens is 542 g/mol. The zero-order valence-corrected chi connectivity index (χ0v) is 25.5. The van der Waals surface area contributed by atoms with Gasteiger partial charge in [0, 0.05) is 45.5 Å². The van der Waals surface area contributed by atoms with E-state index in [9.17, 15) is 14.7 Å². The van der Waals surface area contributed by atoms with Gasteiger partial charge in [-0.1, -0.05) is 23.8 Å². The van der Waals surface area contributed by atoms with Crippen molar-refractivity contribution in [2.75, 3.05) is 7.11 Å². The summed E-state index contributed by atoms with van der Waals surface area (Å²) in [5.41, 5.74) is 3.70.